The molecule has 0 saturated carbocycles. The predicted molar refractivity (Wildman–Crippen MR) is 63.5 cm³/mol. The fraction of sp³-hybridized carbons (Fsp3) is 0.250. The van der Waals surface area contributed by atoms with Gasteiger partial charge < -0.3 is 5.11 Å². The van der Waals surface area contributed by atoms with E-state index >= 15 is 0 Å². The highest BCUT2D eigenvalue weighted by Crippen LogP contribution is 2.10. The van der Waals surface area contributed by atoms with Crippen molar-refractivity contribution in [3.8, 4) is 11.8 Å². The minimum atomic E-state index is -0.924. The summed E-state index contributed by atoms with van der Waals surface area (Å²) >= 11 is 4.05. The molecule has 0 saturated heterocycles. The molecule has 0 radical (unpaired) electrons. The molecule has 0 amide bonds. The number of thiol groups is 1. The zero-order chi connectivity index (χ0) is 11.3. The van der Waals surface area contributed by atoms with Crippen molar-refractivity contribution in [3.05, 3.63) is 34.9 Å². The third-order valence-electron chi connectivity index (χ3n) is 1.94. The van der Waals surface area contributed by atoms with Crippen molar-refractivity contribution in [1.29, 1.82) is 0 Å². The van der Waals surface area contributed by atoms with E-state index in [2.05, 4.69) is 24.5 Å². The molecule has 0 bridgehead atoms. The molecule has 1 rings (SSSR count). The molecular formula is C12H12O2S. The Morgan fingerprint density at radius 2 is 2.27 bits per heavy atom. The highest BCUT2D eigenvalue weighted by Gasteiger charge is 2.03. The Bertz CT molecular complexity index is 427. The Balaban J connectivity index is 3.02. The van der Waals surface area contributed by atoms with Gasteiger partial charge in [0.05, 0.1) is 5.56 Å². The van der Waals surface area contributed by atoms with Crippen molar-refractivity contribution in [3.63, 3.8) is 0 Å². The van der Waals surface area contributed by atoms with Gasteiger partial charge >= 0.3 is 5.97 Å². The molecule has 0 aliphatic rings. The summed E-state index contributed by atoms with van der Waals surface area (Å²) in [5.41, 5.74) is 2.04. The standard InChI is InChI=1S/C12H12O2S/c1-9-5-6-11(12(13)14)8-10(9)4-2-3-7-15/h5-6,8,15H,3,7H2,1H3,(H,13,14). The number of carboxylic acids is 1. The number of benzene rings is 1. The second kappa shape index (κ2) is 5.47. The number of carbonyl (C=O) groups is 1. The topological polar surface area (TPSA) is 37.3 Å². The summed E-state index contributed by atoms with van der Waals surface area (Å²) in [5.74, 6) is 5.68. The fourth-order valence-corrected chi connectivity index (χ4v) is 1.22. The molecule has 1 aromatic carbocycles. The molecule has 78 valence electrons. The summed E-state index contributed by atoms with van der Waals surface area (Å²) in [5, 5.41) is 8.81. The minimum Gasteiger partial charge on any atom is -0.478 e. The van der Waals surface area contributed by atoms with Crippen molar-refractivity contribution in [2.75, 3.05) is 5.75 Å². The SMILES string of the molecule is Cc1ccc(C(=O)O)cc1C#CCCS. The number of aromatic carboxylic acids is 1. The number of hydrogen-bond acceptors (Lipinski definition) is 2. The number of carboxylic acid groups (broad SMARTS) is 1. The van der Waals surface area contributed by atoms with Crippen LogP contribution in [0.15, 0.2) is 18.2 Å². The quantitative estimate of drug-likeness (QED) is 0.593. The van der Waals surface area contributed by atoms with E-state index < -0.39 is 5.97 Å². The lowest BCUT2D eigenvalue weighted by Crippen LogP contribution is -1.97. The first-order valence-corrected chi connectivity index (χ1v) is 5.22. The molecule has 0 fully saturated rings. The second-order valence-electron chi connectivity index (χ2n) is 3.11. The number of rotatable bonds is 2. The van der Waals surface area contributed by atoms with Crippen molar-refractivity contribution in [1.82, 2.24) is 0 Å². The van der Waals surface area contributed by atoms with Crippen LogP contribution in [-0.2, 0) is 0 Å². The number of hydrogen-bond donors (Lipinski definition) is 2. The van der Waals surface area contributed by atoms with E-state index in [0.717, 1.165) is 11.1 Å². The zero-order valence-electron chi connectivity index (χ0n) is 8.45. The van der Waals surface area contributed by atoms with Gasteiger partial charge in [-0.15, -0.1) is 0 Å². The first-order chi connectivity index (χ1) is 7.15. The van der Waals surface area contributed by atoms with E-state index in [0.29, 0.717) is 12.2 Å². The summed E-state index contributed by atoms with van der Waals surface area (Å²) in [4.78, 5) is 10.7. The van der Waals surface area contributed by atoms with Gasteiger partial charge in [0.1, 0.15) is 0 Å². The van der Waals surface area contributed by atoms with Crippen LogP contribution in [0.25, 0.3) is 0 Å². The van der Waals surface area contributed by atoms with E-state index in [-0.39, 0.29) is 5.56 Å². The zero-order valence-corrected chi connectivity index (χ0v) is 9.34. The molecule has 0 atom stereocenters. The third-order valence-corrected chi connectivity index (χ3v) is 2.17. The van der Waals surface area contributed by atoms with Crippen LogP contribution in [0.3, 0.4) is 0 Å². The first kappa shape index (κ1) is 11.7. The molecule has 2 nitrogen and oxygen atoms in total. The van der Waals surface area contributed by atoms with Crippen LogP contribution in [-0.4, -0.2) is 16.8 Å². The van der Waals surface area contributed by atoms with Crippen LogP contribution in [0, 0.1) is 18.8 Å². The summed E-state index contributed by atoms with van der Waals surface area (Å²) in [6.07, 6.45) is 0.708. The van der Waals surface area contributed by atoms with Crippen molar-refractivity contribution in [2.45, 2.75) is 13.3 Å². The van der Waals surface area contributed by atoms with Gasteiger partial charge in [0, 0.05) is 17.7 Å². The van der Waals surface area contributed by atoms with E-state index in [1.165, 1.54) is 0 Å². The summed E-state index contributed by atoms with van der Waals surface area (Å²) in [6.45, 7) is 1.91. The van der Waals surface area contributed by atoms with E-state index in [4.69, 9.17) is 5.11 Å². The first-order valence-electron chi connectivity index (χ1n) is 4.59. The molecule has 0 aliphatic heterocycles. The van der Waals surface area contributed by atoms with Crippen LogP contribution < -0.4 is 0 Å². The van der Waals surface area contributed by atoms with Gasteiger partial charge in [0.2, 0.25) is 0 Å². The maximum atomic E-state index is 10.7. The van der Waals surface area contributed by atoms with Gasteiger partial charge in [-0.25, -0.2) is 4.79 Å². The molecule has 0 spiro atoms. The monoisotopic (exact) mass is 220 g/mol. The molecule has 0 aliphatic carbocycles. The predicted octanol–water partition coefficient (Wildman–Crippen LogP) is 2.36. The molecule has 1 aromatic rings. The average Bonchev–Trinajstić information content (AvgIpc) is 2.20. The maximum absolute atomic E-state index is 10.7. The Morgan fingerprint density at radius 1 is 1.53 bits per heavy atom. The second-order valence-corrected chi connectivity index (χ2v) is 3.56. The fourth-order valence-electron chi connectivity index (χ4n) is 1.10. The van der Waals surface area contributed by atoms with Gasteiger partial charge in [-0.1, -0.05) is 17.9 Å². The van der Waals surface area contributed by atoms with Gasteiger partial charge in [-0.05, 0) is 24.6 Å². The van der Waals surface area contributed by atoms with Crippen LogP contribution in [0.5, 0.6) is 0 Å². The molecule has 0 heterocycles. The van der Waals surface area contributed by atoms with E-state index in [9.17, 15) is 4.79 Å². The van der Waals surface area contributed by atoms with Crippen molar-refractivity contribution >= 4 is 18.6 Å². The van der Waals surface area contributed by atoms with Gasteiger partial charge in [-0.2, -0.15) is 12.6 Å². The molecule has 1 N–H and O–H groups in total. The molecule has 3 heteroatoms. The van der Waals surface area contributed by atoms with Gasteiger partial charge in [-0.3, -0.25) is 0 Å². The van der Waals surface area contributed by atoms with Crippen LogP contribution in [0.4, 0.5) is 0 Å². The number of aryl methyl sites for hydroxylation is 1. The highest BCUT2D eigenvalue weighted by atomic mass is 32.1. The van der Waals surface area contributed by atoms with E-state index in [1.54, 1.807) is 18.2 Å². The Kier molecular flexibility index (Phi) is 4.26. The van der Waals surface area contributed by atoms with Crippen molar-refractivity contribution < 1.29 is 9.90 Å². The highest BCUT2D eigenvalue weighted by molar-refractivity contribution is 7.80. The lowest BCUT2D eigenvalue weighted by atomic mass is 10.1. The van der Waals surface area contributed by atoms with Crippen LogP contribution >= 0.6 is 12.6 Å². The Labute approximate surface area is 94.7 Å². The minimum absolute atomic E-state index is 0.274. The largest absolute Gasteiger partial charge is 0.478 e. The Morgan fingerprint density at radius 3 is 2.87 bits per heavy atom. The van der Waals surface area contributed by atoms with E-state index in [1.807, 2.05) is 6.92 Å². The maximum Gasteiger partial charge on any atom is 0.335 e. The van der Waals surface area contributed by atoms with Crippen molar-refractivity contribution in [2.24, 2.45) is 0 Å². The lowest BCUT2D eigenvalue weighted by molar-refractivity contribution is 0.0697. The molecular weight excluding hydrogens is 208 g/mol. The lowest BCUT2D eigenvalue weighted by Gasteiger charge is -1.99. The Hall–Kier alpha value is -1.40. The average molecular weight is 220 g/mol. The van der Waals surface area contributed by atoms with Gasteiger partial charge in [0.25, 0.3) is 0 Å². The third kappa shape index (κ3) is 3.34. The summed E-state index contributed by atoms with van der Waals surface area (Å²) in [7, 11) is 0. The molecule has 0 unspecified atom stereocenters. The van der Waals surface area contributed by atoms with Crippen LogP contribution in [0.1, 0.15) is 27.9 Å². The van der Waals surface area contributed by atoms with Crippen LogP contribution in [0.2, 0.25) is 0 Å². The summed E-state index contributed by atoms with van der Waals surface area (Å²) in [6, 6.07) is 4.96. The molecule has 15 heavy (non-hydrogen) atoms. The molecule has 0 aromatic heterocycles. The smallest absolute Gasteiger partial charge is 0.335 e. The normalized spacial score (nSPS) is 9.20. The van der Waals surface area contributed by atoms with Gasteiger partial charge in [0.15, 0.2) is 0 Å². The summed E-state index contributed by atoms with van der Waals surface area (Å²) < 4.78 is 0.